The molecule has 60 heavy (non-hydrogen) atoms. The van der Waals surface area contributed by atoms with Gasteiger partial charge in [-0.1, -0.05) is 167 Å². The summed E-state index contributed by atoms with van der Waals surface area (Å²) in [4.78, 5) is 0. The van der Waals surface area contributed by atoms with E-state index in [1.54, 1.807) is 0 Å². The predicted octanol–water partition coefficient (Wildman–Crippen LogP) is 17.9. The van der Waals surface area contributed by atoms with Crippen molar-refractivity contribution in [3.05, 3.63) is 112 Å². The second-order valence-corrected chi connectivity index (χ2v) is 22.4. The highest BCUT2D eigenvalue weighted by Crippen LogP contribution is 2.52. The summed E-state index contributed by atoms with van der Waals surface area (Å²) in [5.41, 5.74) is 7.52. The van der Waals surface area contributed by atoms with Gasteiger partial charge >= 0.3 is 8.60 Å². The number of benzene rings is 5. The minimum absolute atomic E-state index is 0.0408. The third kappa shape index (κ3) is 9.73. The van der Waals surface area contributed by atoms with E-state index in [1.165, 1.54) is 54.9 Å². The summed E-state index contributed by atoms with van der Waals surface area (Å²) >= 11 is 0. The lowest BCUT2D eigenvalue weighted by molar-refractivity contribution is 0.373. The van der Waals surface area contributed by atoms with E-state index in [4.69, 9.17) is 13.6 Å². The first-order chi connectivity index (χ1) is 27.9. The Labute approximate surface area is 367 Å². The second-order valence-electron chi connectivity index (χ2n) is 21.4. The molecule has 0 spiro atoms. The molecule has 5 aromatic rings. The van der Waals surface area contributed by atoms with Crippen LogP contribution in [0.3, 0.4) is 0 Å². The summed E-state index contributed by atoms with van der Waals surface area (Å²) in [5, 5.41) is 4.99. The average molecular weight is 831 g/mol. The highest BCUT2D eigenvalue weighted by molar-refractivity contribution is 7.43. The van der Waals surface area contributed by atoms with E-state index in [0.29, 0.717) is 0 Å². The number of hydrogen-bond acceptors (Lipinski definition) is 3. The van der Waals surface area contributed by atoms with Crippen molar-refractivity contribution in [2.75, 3.05) is 0 Å². The summed E-state index contributed by atoms with van der Waals surface area (Å²) in [6, 6.07) is 29.3. The van der Waals surface area contributed by atoms with Crippen molar-refractivity contribution >= 4 is 30.1 Å². The smallest absolute Gasteiger partial charge is 0.409 e. The molecule has 0 aliphatic rings. The molecule has 0 N–H and O–H groups in total. The number of hydrogen-bond donors (Lipinski definition) is 0. The standard InChI is InChI=1S/C56H79O3P/c1-19-51(7,8)40-30-38-32-47(55(15,16)23-5)49(36-43(38)45(34-40)53(11,12)21-3)58-60(57-42-28-26-25-27-29-42)59-50-37-44-39(33-48(50)56(17,18)24-6)31-41(52(9,10)20-2)35-46(44)54(13,14)22-4/h25-37H,19-24H2,1-18H3. The Morgan fingerprint density at radius 3 is 1.03 bits per heavy atom. The summed E-state index contributed by atoms with van der Waals surface area (Å²) in [6.45, 7) is 42.0. The molecular weight excluding hydrogens is 752 g/mol. The molecule has 0 amide bonds. The van der Waals surface area contributed by atoms with Gasteiger partial charge in [-0.05, 0) is 151 Å². The van der Waals surface area contributed by atoms with Crippen LogP contribution in [0.4, 0.5) is 0 Å². The lowest BCUT2D eigenvalue weighted by Crippen LogP contribution is -2.22. The molecule has 0 aromatic heterocycles. The van der Waals surface area contributed by atoms with Gasteiger partial charge in [0.25, 0.3) is 0 Å². The van der Waals surface area contributed by atoms with Crippen LogP contribution in [-0.2, 0) is 32.5 Å². The molecule has 0 fully saturated rings. The third-order valence-electron chi connectivity index (χ3n) is 15.2. The Balaban J connectivity index is 1.81. The van der Waals surface area contributed by atoms with Crippen LogP contribution in [0.25, 0.3) is 21.5 Å². The van der Waals surface area contributed by atoms with Crippen LogP contribution in [0, 0.1) is 0 Å². The number of fused-ring (bicyclic) bond motifs is 2. The lowest BCUT2D eigenvalue weighted by Gasteiger charge is -2.33. The predicted molar refractivity (Wildman–Crippen MR) is 263 cm³/mol. The molecule has 326 valence electrons. The number of para-hydroxylation sites is 1. The average Bonchev–Trinajstić information content (AvgIpc) is 3.22. The SMILES string of the molecule is CCC(C)(C)c1cc(C(C)(C)CC)c2cc(OP(Oc3ccccc3)Oc3cc4c(C(C)(C)CC)cc(C(C)(C)CC)cc4cc3C(C)(C)CC)c(C(C)(C)CC)cc2c1. The molecule has 0 heterocycles. The third-order valence-corrected chi connectivity index (χ3v) is 16.2. The van der Waals surface area contributed by atoms with E-state index in [2.05, 4.69) is 173 Å². The fourth-order valence-electron chi connectivity index (χ4n) is 7.85. The first kappa shape index (κ1) is 47.5. The summed E-state index contributed by atoms with van der Waals surface area (Å²) < 4.78 is 21.5. The summed E-state index contributed by atoms with van der Waals surface area (Å²) in [5.74, 6) is 2.36. The molecule has 5 aromatic carbocycles. The minimum Gasteiger partial charge on any atom is -0.409 e. The Morgan fingerprint density at radius 1 is 0.367 bits per heavy atom. The fraction of sp³-hybridized carbons (Fsp3) is 0.536. The van der Waals surface area contributed by atoms with E-state index in [-0.39, 0.29) is 32.5 Å². The second kappa shape index (κ2) is 17.7. The quantitative estimate of drug-likeness (QED) is 0.0824. The minimum atomic E-state index is -1.97. The fourth-order valence-corrected chi connectivity index (χ4v) is 8.88. The first-order valence-electron chi connectivity index (χ1n) is 23.1. The van der Waals surface area contributed by atoms with Gasteiger partial charge in [0.15, 0.2) is 0 Å². The summed E-state index contributed by atoms with van der Waals surface area (Å²) in [7, 11) is -1.97. The molecule has 0 aliphatic carbocycles. The molecule has 3 nitrogen and oxygen atoms in total. The molecule has 0 atom stereocenters. The molecule has 4 heteroatoms. The zero-order valence-electron chi connectivity index (χ0n) is 40.9. The number of rotatable bonds is 18. The van der Waals surface area contributed by atoms with Crippen molar-refractivity contribution < 1.29 is 13.6 Å². The van der Waals surface area contributed by atoms with Gasteiger partial charge in [0.2, 0.25) is 0 Å². The van der Waals surface area contributed by atoms with Crippen LogP contribution in [-0.4, -0.2) is 0 Å². The van der Waals surface area contributed by atoms with Crippen LogP contribution < -0.4 is 13.6 Å². The Bertz CT molecular complexity index is 2130. The van der Waals surface area contributed by atoms with Crippen molar-refractivity contribution in [3.63, 3.8) is 0 Å². The normalized spacial score (nSPS) is 13.4. The van der Waals surface area contributed by atoms with Crippen molar-refractivity contribution in [2.24, 2.45) is 0 Å². The molecule has 0 saturated heterocycles. The molecular formula is C56H79O3P. The highest BCUT2D eigenvalue weighted by Gasteiger charge is 2.34. The van der Waals surface area contributed by atoms with Gasteiger partial charge in [0.05, 0.1) is 0 Å². The van der Waals surface area contributed by atoms with Crippen LogP contribution in [0.15, 0.2) is 78.9 Å². The van der Waals surface area contributed by atoms with E-state index in [9.17, 15) is 0 Å². The first-order valence-corrected chi connectivity index (χ1v) is 24.1. The Kier molecular flexibility index (Phi) is 14.0. The van der Waals surface area contributed by atoms with Gasteiger partial charge < -0.3 is 13.6 Å². The van der Waals surface area contributed by atoms with Crippen LogP contribution >= 0.6 is 8.60 Å². The van der Waals surface area contributed by atoms with E-state index >= 15 is 0 Å². The molecule has 0 saturated carbocycles. The van der Waals surface area contributed by atoms with Crippen molar-refractivity contribution in [2.45, 2.75) is 196 Å². The molecule has 0 aliphatic heterocycles. The monoisotopic (exact) mass is 831 g/mol. The molecule has 0 bridgehead atoms. The summed E-state index contributed by atoms with van der Waals surface area (Å²) in [6.07, 6.45) is 6.09. The molecule has 5 rings (SSSR count). The van der Waals surface area contributed by atoms with Gasteiger partial charge in [-0.3, -0.25) is 0 Å². The van der Waals surface area contributed by atoms with E-state index in [0.717, 1.165) is 55.8 Å². The van der Waals surface area contributed by atoms with Crippen LogP contribution in [0.1, 0.15) is 197 Å². The topological polar surface area (TPSA) is 27.7 Å². The van der Waals surface area contributed by atoms with Crippen LogP contribution in [0.5, 0.6) is 17.2 Å². The molecule has 0 unspecified atom stereocenters. The molecule has 0 radical (unpaired) electrons. The van der Waals surface area contributed by atoms with Crippen molar-refractivity contribution in [3.8, 4) is 17.2 Å². The highest BCUT2D eigenvalue weighted by atomic mass is 31.2. The van der Waals surface area contributed by atoms with Gasteiger partial charge in [0, 0.05) is 11.1 Å². The zero-order chi connectivity index (χ0) is 44.6. The van der Waals surface area contributed by atoms with E-state index in [1.807, 2.05) is 30.3 Å². The Morgan fingerprint density at radius 2 is 0.700 bits per heavy atom. The van der Waals surface area contributed by atoms with E-state index < -0.39 is 8.60 Å². The lowest BCUT2D eigenvalue weighted by atomic mass is 9.73. The largest absolute Gasteiger partial charge is 0.530 e. The maximum Gasteiger partial charge on any atom is 0.530 e. The van der Waals surface area contributed by atoms with Gasteiger partial charge in [-0.15, -0.1) is 0 Å². The van der Waals surface area contributed by atoms with Crippen molar-refractivity contribution in [1.29, 1.82) is 0 Å². The van der Waals surface area contributed by atoms with Gasteiger partial charge in [0.1, 0.15) is 17.2 Å². The zero-order valence-corrected chi connectivity index (χ0v) is 41.8. The van der Waals surface area contributed by atoms with Gasteiger partial charge in [-0.25, -0.2) is 0 Å². The maximum atomic E-state index is 7.30. The Hall–Kier alpha value is -3.55. The van der Waals surface area contributed by atoms with Gasteiger partial charge in [-0.2, -0.15) is 0 Å². The van der Waals surface area contributed by atoms with Crippen LogP contribution in [0.2, 0.25) is 0 Å². The van der Waals surface area contributed by atoms with Crippen molar-refractivity contribution in [1.82, 2.24) is 0 Å². The maximum absolute atomic E-state index is 7.30.